The van der Waals surface area contributed by atoms with E-state index in [-0.39, 0.29) is 39.3 Å². The minimum atomic E-state index is -0.497. The number of aliphatic hydroxyl groups excluding tert-OH is 1. The Morgan fingerprint density at radius 1 is 0.913 bits per heavy atom. The molecular weight excluding hydrogens is 300 g/mol. The van der Waals surface area contributed by atoms with Crippen LogP contribution in [0.15, 0.2) is 24.3 Å². The van der Waals surface area contributed by atoms with E-state index in [2.05, 4.69) is 0 Å². The van der Waals surface area contributed by atoms with Gasteiger partial charge in [0.2, 0.25) is 0 Å². The number of hydrogen-bond acceptors (Lipinski definition) is 6. The summed E-state index contributed by atoms with van der Waals surface area (Å²) in [6.45, 7) is -0.431. The molecule has 0 saturated carbocycles. The van der Waals surface area contributed by atoms with Crippen LogP contribution in [0.5, 0.6) is 17.2 Å². The fourth-order valence-electron chi connectivity index (χ4n) is 2.79. The molecule has 0 fully saturated rings. The summed E-state index contributed by atoms with van der Waals surface area (Å²) >= 11 is 0. The van der Waals surface area contributed by atoms with Crippen molar-refractivity contribution in [2.45, 2.75) is 6.61 Å². The van der Waals surface area contributed by atoms with Gasteiger partial charge in [0.05, 0.1) is 32.0 Å². The molecule has 23 heavy (non-hydrogen) atoms. The van der Waals surface area contributed by atoms with Gasteiger partial charge in [-0.3, -0.25) is 9.59 Å². The first kappa shape index (κ1) is 15.1. The molecule has 0 amide bonds. The maximum Gasteiger partial charge on any atom is 0.198 e. The Kier molecular flexibility index (Phi) is 3.54. The highest BCUT2D eigenvalue weighted by atomic mass is 16.5. The van der Waals surface area contributed by atoms with Crippen LogP contribution in [0.2, 0.25) is 0 Å². The van der Waals surface area contributed by atoms with Crippen LogP contribution in [0.25, 0.3) is 0 Å². The molecule has 1 aliphatic carbocycles. The summed E-state index contributed by atoms with van der Waals surface area (Å²) < 4.78 is 10.4. The molecule has 1 aliphatic rings. The van der Waals surface area contributed by atoms with E-state index >= 15 is 0 Å². The van der Waals surface area contributed by atoms with Gasteiger partial charge in [0.1, 0.15) is 5.75 Å². The third-order valence-electron chi connectivity index (χ3n) is 3.92. The van der Waals surface area contributed by atoms with Crippen molar-refractivity contribution in [2.75, 3.05) is 14.2 Å². The number of fused-ring (bicyclic) bond motifs is 2. The van der Waals surface area contributed by atoms with Crippen LogP contribution in [0.4, 0.5) is 0 Å². The number of phenols is 1. The lowest BCUT2D eigenvalue weighted by Gasteiger charge is -2.22. The second kappa shape index (κ2) is 5.40. The largest absolute Gasteiger partial charge is 0.507 e. The fraction of sp³-hybridized carbons (Fsp3) is 0.176. The molecule has 0 bridgehead atoms. The monoisotopic (exact) mass is 314 g/mol. The number of aromatic hydroxyl groups is 1. The zero-order valence-electron chi connectivity index (χ0n) is 12.5. The van der Waals surface area contributed by atoms with Crippen molar-refractivity contribution in [1.82, 2.24) is 0 Å². The second-order valence-corrected chi connectivity index (χ2v) is 5.04. The average molecular weight is 314 g/mol. The minimum Gasteiger partial charge on any atom is -0.507 e. The van der Waals surface area contributed by atoms with Gasteiger partial charge in [0.25, 0.3) is 0 Å². The molecule has 0 heterocycles. The van der Waals surface area contributed by atoms with Crippen molar-refractivity contribution < 1.29 is 29.3 Å². The highest BCUT2D eigenvalue weighted by molar-refractivity contribution is 6.30. The highest BCUT2D eigenvalue weighted by Crippen LogP contribution is 2.41. The van der Waals surface area contributed by atoms with Crippen LogP contribution < -0.4 is 9.47 Å². The summed E-state index contributed by atoms with van der Waals surface area (Å²) in [5.74, 6) is -0.788. The molecule has 0 atom stereocenters. The average Bonchev–Trinajstić information content (AvgIpc) is 2.57. The summed E-state index contributed by atoms with van der Waals surface area (Å²) in [4.78, 5) is 25.5. The SMILES string of the molecule is COc1ccc2c(c1OC)C(=O)c1ccc(CO)c(O)c1C2=O. The number of carbonyl (C=O) groups excluding carboxylic acids is 2. The number of ether oxygens (including phenoxy) is 2. The standard InChI is InChI=1S/C17H14O6/c1-22-11-6-5-10-13(17(11)23-2)16(21)9-4-3-8(7-18)14(19)12(9)15(10)20/h3-6,18-19H,7H2,1-2H3. The van der Waals surface area contributed by atoms with Gasteiger partial charge in [0.15, 0.2) is 23.1 Å². The van der Waals surface area contributed by atoms with Crippen LogP contribution in [0.1, 0.15) is 37.4 Å². The highest BCUT2D eigenvalue weighted by Gasteiger charge is 2.36. The summed E-state index contributed by atoms with van der Waals surface area (Å²) in [5, 5.41) is 19.4. The van der Waals surface area contributed by atoms with Crippen LogP contribution in [-0.2, 0) is 6.61 Å². The summed E-state index contributed by atoms with van der Waals surface area (Å²) in [6, 6.07) is 5.82. The number of carbonyl (C=O) groups is 2. The third kappa shape index (κ3) is 1.99. The maximum absolute atomic E-state index is 12.8. The predicted molar refractivity (Wildman–Crippen MR) is 80.4 cm³/mol. The van der Waals surface area contributed by atoms with Crippen molar-refractivity contribution in [3.63, 3.8) is 0 Å². The molecular formula is C17H14O6. The maximum atomic E-state index is 12.8. The summed E-state index contributed by atoms with van der Waals surface area (Å²) in [6.07, 6.45) is 0. The van der Waals surface area contributed by atoms with Crippen molar-refractivity contribution >= 4 is 11.6 Å². The molecule has 2 aromatic carbocycles. The number of methoxy groups -OCH3 is 2. The fourth-order valence-corrected chi connectivity index (χ4v) is 2.79. The quantitative estimate of drug-likeness (QED) is 0.764. The predicted octanol–water partition coefficient (Wildman–Crippen LogP) is 1.68. The molecule has 118 valence electrons. The molecule has 2 aromatic rings. The lowest BCUT2D eigenvalue weighted by Crippen LogP contribution is -2.22. The van der Waals surface area contributed by atoms with Crippen LogP contribution >= 0.6 is 0 Å². The topological polar surface area (TPSA) is 93.1 Å². The normalized spacial score (nSPS) is 12.7. The number of benzene rings is 2. The molecule has 0 radical (unpaired) electrons. The van der Waals surface area contributed by atoms with Crippen LogP contribution in [0, 0.1) is 0 Å². The third-order valence-corrected chi connectivity index (χ3v) is 3.92. The van der Waals surface area contributed by atoms with Gasteiger partial charge in [0, 0.05) is 16.7 Å². The molecule has 0 saturated heterocycles. The summed E-state index contributed by atoms with van der Waals surface area (Å²) in [5.41, 5.74) is 0.407. The molecule has 0 aromatic heterocycles. The molecule has 6 heteroatoms. The Bertz CT molecular complexity index is 837. The Hall–Kier alpha value is -2.86. The van der Waals surface area contributed by atoms with Gasteiger partial charge < -0.3 is 19.7 Å². The molecule has 6 nitrogen and oxygen atoms in total. The van der Waals surface area contributed by atoms with Gasteiger partial charge in [-0.15, -0.1) is 0 Å². The first-order chi connectivity index (χ1) is 11.0. The molecule has 2 N–H and O–H groups in total. The number of ketones is 2. The zero-order valence-corrected chi connectivity index (χ0v) is 12.5. The van der Waals surface area contributed by atoms with E-state index in [9.17, 15) is 19.8 Å². The van der Waals surface area contributed by atoms with Crippen molar-refractivity contribution in [3.8, 4) is 17.2 Å². The number of hydrogen-bond donors (Lipinski definition) is 2. The number of aliphatic hydroxyl groups is 1. The van der Waals surface area contributed by atoms with Crippen LogP contribution in [-0.4, -0.2) is 36.0 Å². The van der Waals surface area contributed by atoms with E-state index in [1.807, 2.05) is 0 Å². The molecule has 3 rings (SSSR count). The van der Waals surface area contributed by atoms with Crippen molar-refractivity contribution in [2.24, 2.45) is 0 Å². The van der Waals surface area contributed by atoms with Gasteiger partial charge in [-0.1, -0.05) is 6.07 Å². The Balaban J connectivity index is 2.33. The number of rotatable bonds is 3. The van der Waals surface area contributed by atoms with E-state index < -0.39 is 18.2 Å². The van der Waals surface area contributed by atoms with E-state index in [1.54, 1.807) is 0 Å². The van der Waals surface area contributed by atoms with Gasteiger partial charge in [-0.05, 0) is 18.2 Å². The van der Waals surface area contributed by atoms with E-state index in [1.165, 1.54) is 38.5 Å². The second-order valence-electron chi connectivity index (χ2n) is 5.04. The molecule has 0 aliphatic heterocycles. The lowest BCUT2D eigenvalue weighted by atomic mass is 9.82. The lowest BCUT2D eigenvalue weighted by molar-refractivity contribution is 0.0973. The van der Waals surface area contributed by atoms with Gasteiger partial charge >= 0.3 is 0 Å². The first-order valence-corrected chi connectivity index (χ1v) is 6.85. The Morgan fingerprint density at radius 3 is 2.13 bits per heavy atom. The molecule has 0 spiro atoms. The zero-order chi connectivity index (χ0) is 16.7. The van der Waals surface area contributed by atoms with Gasteiger partial charge in [-0.2, -0.15) is 0 Å². The minimum absolute atomic E-state index is 0.0729. The smallest absolute Gasteiger partial charge is 0.198 e. The van der Waals surface area contributed by atoms with Crippen molar-refractivity contribution in [3.05, 3.63) is 52.1 Å². The Labute approximate surface area is 131 Å². The van der Waals surface area contributed by atoms with E-state index in [0.29, 0.717) is 5.75 Å². The van der Waals surface area contributed by atoms with Crippen molar-refractivity contribution in [1.29, 1.82) is 0 Å². The summed E-state index contributed by atoms with van der Waals surface area (Å²) in [7, 11) is 2.82. The van der Waals surface area contributed by atoms with E-state index in [4.69, 9.17) is 9.47 Å². The van der Waals surface area contributed by atoms with E-state index in [0.717, 1.165) is 0 Å². The Morgan fingerprint density at radius 2 is 1.52 bits per heavy atom. The molecule has 0 unspecified atom stereocenters. The van der Waals surface area contributed by atoms with Gasteiger partial charge in [-0.25, -0.2) is 0 Å². The first-order valence-electron chi connectivity index (χ1n) is 6.85. The van der Waals surface area contributed by atoms with Crippen LogP contribution in [0.3, 0.4) is 0 Å².